The van der Waals surface area contributed by atoms with Crippen LogP contribution in [0.25, 0.3) is 0 Å². The monoisotopic (exact) mass is 194 g/mol. The van der Waals surface area contributed by atoms with Crippen LogP contribution in [0.5, 0.6) is 0 Å². The van der Waals surface area contributed by atoms with Crippen molar-refractivity contribution in [2.45, 2.75) is 24.6 Å². The van der Waals surface area contributed by atoms with Gasteiger partial charge in [-0.3, -0.25) is 0 Å². The van der Waals surface area contributed by atoms with Crippen LogP contribution in [0.2, 0.25) is 0 Å². The van der Waals surface area contributed by atoms with Gasteiger partial charge >= 0.3 is 0 Å². The highest BCUT2D eigenvalue weighted by molar-refractivity contribution is 4.78. The zero-order valence-electron chi connectivity index (χ0n) is 7.04. The van der Waals surface area contributed by atoms with E-state index in [4.69, 9.17) is 19.7 Å². The molecule has 0 aromatic carbocycles. The molecule has 0 unspecified atom stereocenters. The van der Waals surface area contributed by atoms with E-state index in [1.54, 1.807) is 0 Å². The van der Waals surface area contributed by atoms with Gasteiger partial charge in [-0.05, 0) is 0 Å². The number of rotatable bonds is 4. The third-order valence-electron chi connectivity index (χ3n) is 1.86. The van der Waals surface area contributed by atoms with Crippen LogP contribution < -0.4 is 0 Å². The fourth-order valence-electron chi connectivity index (χ4n) is 1.07. The van der Waals surface area contributed by atoms with Crippen molar-refractivity contribution in [3.63, 3.8) is 0 Å². The number of ether oxygens (including phenoxy) is 2. The van der Waals surface area contributed by atoms with Crippen molar-refractivity contribution in [1.82, 2.24) is 0 Å². The van der Waals surface area contributed by atoms with E-state index in [2.05, 4.69) is 0 Å². The maximum absolute atomic E-state index is 9.35. The summed E-state index contributed by atoms with van der Waals surface area (Å²) >= 11 is 0. The van der Waals surface area contributed by atoms with Crippen molar-refractivity contribution in [1.29, 1.82) is 0 Å². The van der Waals surface area contributed by atoms with E-state index in [1.165, 1.54) is 0 Å². The molecular weight excluding hydrogens is 180 g/mol. The Morgan fingerprint density at radius 1 is 1.15 bits per heavy atom. The van der Waals surface area contributed by atoms with Crippen LogP contribution in [0, 0.1) is 0 Å². The predicted molar refractivity (Wildman–Crippen MR) is 40.8 cm³/mol. The standard InChI is InChI=1S/C7H14O6/c8-3-4(9)5(10)6(11)7-12-1-2-13-7/h4-11H,1-3H2/t4-,5-,6+/m0/s1. The van der Waals surface area contributed by atoms with Gasteiger partial charge in [0.1, 0.15) is 18.3 Å². The number of aliphatic hydroxyl groups is 4. The maximum Gasteiger partial charge on any atom is 0.186 e. The molecule has 0 radical (unpaired) electrons. The SMILES string of the molecule is OC[C@H](O)[C@H](O)[C@@H](O)C1OCCO1. The van der Waals surface area contributed by atoms with Crippen molar-refractivity contribution in [3.05, 3.63) is 0 Å². The maximum atomic E-state index is 9.35. The normalized spacial score (nSPS) is 25.8. The zero-order chi connectivity index (χ0) is 9.84. The van der Waals surface area contributed by atoms with E-state index in [1.807, 2.05) is 0 Å². The number of hydrogen-bond acceptors (Lipinski definition) is 6. The van der Waals surface area contributed by atoms with Crippen molar-refractivity contribution >= 4 is 0 Å². The largest absolute Gasteiger partial charge is 0.394 e. The first-order chi connectivity index (χ1) is 6.16. The Kier molecular flexibility index (Phi) is 4.04. The second-order valence-corrected chi connectivity index (χ2v) is 2.84. The molecule has 3 atom stereocenters. The lowest BCUT2D eigenvalue weighted by Gasteiger charge is -2.24. The minimum Gasteiger partial charge on any atom is -0.394 e. The first-order valence-corrected chi connectivity index (χ1v) is 4.05. The molecule has 1 rings (SSSR count). The smallest absolute Gasteiger partial charge is 0.186 e. The predicted octanol–water partition coefficient (Wildman–Crippen LogP) is -2.57. The molecule has 1 aliphatic heterocycles. The van der Waals surface area contributed by atoms with Gasteiger partial charge in [0.15, 0.2) is 6.29 Å². The highest BCUT2D eigenvalue weighted by Gasteiger charge is 2.34. The molecule has 13 heavy (non-hydrogen) atoms. The average molecular weight is 194 g/mol. The van der Waals surface area contributed by atoms with E-state index in [-0.39, 0.29) is 0 Å². The van der Waals surface area contributed by atoms with Gasteiger partial charge in [0, 0.05) is 0 Å². The molecule has 0 amide bonds. The van der Waals surface area contributed by atoms with Crippen LogP contribution in [0.15, 0.2) is 0 Å². The Balaban J connectivity index is 2.40. The van der Waals surface area contributed by atoms with E-state index in [0.717, 1.165) is 0 Å². The van der Waals surface area contributed by atoms with Crippen LogP contribution in [0.1, 0.15) is 0 Å². The molecular formula is C7H14O6. The summed E-state index contributed by atoms with van der Waals surface area (Å²) in [6.07, 6.45) is -5.11. The molecule has 78 valence electrons. The van der Waals surface area contributed by atoms with Gasteiger partial charge in [0.25, 0.3) is 0 Å². The summed E-state index contributed by atoms with van der Waals surface area (Å²) in [4.78, 5) is 0. The zero-order valence-corrected chi connectivity index (χ0v) is 7.04. The second kappa shape index (κ2) is 4.85. The van der Waals surface area contributed by atoms with Crippen LogP contribution in [0.3, 0.4) is 0 Å². The van der Waals surface area contributed by atoms with E-state index >= 15 is 0 Å². The number of aliphatic hydroxyl groups excluding tert-OH is 4. The Morgan fingerprint density at radius 2 is 1.69 bits per heavy atom. The second-order valence-electron chi connectivity index (χ2n) is 2.84. The van der Waals surface area contributed by atoms with Crippen molar-refractivity contribution in [2.75, 3.05) is 19.8 Å². The van der Waals surface area contributed by atoms with Crippen LogP contribution in [-0.4, -0.2) is 64.8 Å². The quantitative estimate of drug-likeness (QED) is 0.393. The molecule has 0 bridgehead atoms. The Morgan fingerprint density at radius 3 is 2.15 bits per heavy atom. The minimum absolute atomic E-state index is 0.351. The minimum atomic E-state index is -1.46. The van der Waals surface area contributed by atoms with E-state index in [0.29, 0.717) is 13.2 Å². The molecule has 0 spiro atoms. The molecule has 0 aromatic heterocycles. The molecule has 0 saturated carbocycles. The highest BCUT2D eigenvalue weighted by atomic mass is 16.7. The van der Waals surface area contributed by atoms with Crippen LogP contribution >= 0.6 is 0 Å². The van der Waals surface area contributed by atoms with Gasteiger partial charge in [-0.1, -0.05) is 0 Å². The van der Waals surface area contributed by atoms with E-state index < -0.39 is 31.2 Å². The first kappa shape index (κ1) is 10.8. The molecule has 0 aromatic rings. The molecule has 1 saturated heterocycles. The molecule has 6 nitrogen and oxygen atoms in total. The fraction of sp³-hybridized carbons (Fsp3) is 1.00. The van der Waals surface area contributed by atoms with Gasteiger partial charge in [-0.2, -0.15) is 0 Å². The Bertz CT molecular complexity index is 146. The molecule has 0 aliphatic carbocycles. The van der Waals surface area contributed by atoms with Crippen LogP contribution in [0.4, 0.5) is 0 Å². The Hall–Kier alpha value is -0.240. The average Bonchev–Trinajstić information content (AvgIpc) is 2.67. The van der Waals surface area contributed by atoms with Crippen molar-refractivity contribution in [2.24, 2.45) is 0 Å². The summed E-state index contributed by atoms with van der Waals surface area (Å²) in [5, 5.41) is 36.1. The molecule has 6 heteroatoms. The Labute approximate surface area is 75.3 Å². The molecule has 1 fully saturated rings. The lowest BCUT2D eigenvalue weighted by molar-refractivity contribution is -0.178. The lowest BCUT2D eigenvalue weighted by Crippen LogP contribution is -2.46. The van der Waals surface area contributed by atoms with Gasteiger partial charge in [-0.15, -0.1) is 0 Å². The molecule has 4 N–H and O–H groups in total. The van der Waals surface area contributed by atoms with Crippen LogP contribution in [-0.2, 0) is 9.47 Å². The third-order valence-corrected chi connectivity index (χ3v) is 1.86. The highest BCUT2D eigenvalue weighted by Crippen LogP contribution is 2.13. The van der Waals surface area contributed by atoms with Crippen molar-refractivity contribution in [3.8, 4) is 0 Å². The summed E-state index contributed by atoms with van der Waals surface area (Å²) in [6, 6.07) is 0. The summed E-state index contributed by atoms with van der Waals surface area (Å²) in [5.41, 5.74) is 0. The van der Waals surface area contributed by atoms with E-state index in [9.17, 15) is 10.2 Å². The van der Waals surface area contributed by atoms with Crippen molar-refractivity contribution < 1.29 is 29.9 Å². The van der Waals surface area contributed by atoms with Gasteiger partial charge in [0.05, 0.1) is 19.8 Å². The van der Waals surface area contributed by atoms with Gasteiger partial charge in [-0.25, -0.2) is 0 Å². The van der Waals surface area contributed by atoms with Gasteiger partial charge < -0.3 is 29.9 Å². The summed E-state index contributed by atoms with van der Waals surface area (Å²) in [6.45, 7) is 0.0816. The first-order valence-electron chi connectivity index (χ1n) is 4.05. The summed E-state index contributed by atoms with van der Waals surface area (Å²) < 4.78 is 9.81. The van der Waals surface area contributed by atoms with Gasteiger partial charge in [0.2, 0.25) is 0 Å². The summed E-state index contributed by atoms with van der Waals surface area (Å²) in [7, 11) is 0. The topological polar surface area (TPSA) is 99.4 Å². The third kappa shape index (κ3) is 2.60. The molecule has 1 aliphatic rings. The summed E-state index contributed by atoms with van der Waals surface area (Å²) in [5.74, 6) is 0. The number of hydrogen-bond donors (Lipinski definition) is 4. The fourth-order valence-corrected chi connectivity index (χ4v) is 1.07. The lowest BCUT2D eigenvalue weighted by atomic mass is 10.1. The molecule has 1 heterocycles.